The Labute approximate surface area is 144 Å². The number of carbonyl (C=O) groups is 1. The Hall–Kier alpha value is -3.21. The van der Waals surface area contributed by atoms with Crippen molar-refractivity contribution in [1.82, 2.24) is 4.57 Å². The van der Waals surface area contributed by atoms with E-state index >= 15 is 0 Å². The molecule has 4 rings (SSSR count). The number of allylic oxidation sites excluding steroid dienone is 1. The molecule has 5 nitrogen and oxygen atoms in total. The van der Waals surface area contributed by atoms with Gasteiger partial charge in [-0.25, -0.2) is 0 Å². The second kappa shape index (κ2) is 5.41. The summed E-state index contributed by atoms with van der Waals surface area (Å²) in [5.74, 6) is 1.30. The largest absolute Gasteiger partial charge is 0.508 e. The van der Waals surface area contributed by atoms with Crippen LogP contribution in [0.5, 0.6) is 17.2 Å². The molecule has 1 aliphatic heterocycles. The fourth-order valence-corrected chi connectivity index (χ4v) is 3.28. The average Bonchev–Trinajstić information content (AvgIpc) is 3.05. The number of carbonyl (C=O) groups excluding carboxylic acids is 1. The first kappa shape index (κ1) is 15.3. The molecule has 1 N–H and O–H groups in total. The first-order valence-corrected chi connectivity index (χ1v) is 7.89. The van der Waals surface area contributed by atoms with E-state index in [1.807, 2.05) is 36.0 Å². The highest BCUT2D eigenvalue weighted by molar-refractivity contribution is 6.16. The summed E-state index contributed by atoms with van der Waals surface area (Å²) in [6.45, 7) is 1.78. The first-order chi connectivity index (χ1) is 12.0. The molecule has 1 aliphatic rings. The number of aromatic hydroxyl groups is 1. The zero-order valence-electron chi connectivity index (χ0n) is 14.2. The number of ether oxygens (including phenoxy) is 2. The maximum atomic E-state index is 12.7. The lowest BCUT2D eigenvalue weighted by Crippen LogP contribution is -1.99. The number of hydrogen-bond donors (Lipinski definition) is 1. The smallest absolute Gasteiger partial charge is 0.232 e. The summed E-state index contributed by atoms with van der Waals surface area (Å²) < 4.78 is 13.0. The maximum Gasteiger partial charge on any atom is 0.232 e. The van der Waals surface area contributed by atoms with Crippen LogP contribution in [0.2, 0.25) is 0 Å². The van der Waals surface area contributed by atoms with Crippen molar-refractivity contribution in [2.75, 3.05) is 7.11 Å². The summed E-state index contributed by atoms with van der Waals surface area (Å²) >= 11 is 0. The lowest BCUT2D eigenvalue weighted by molar-refractivity contribution is 0.101. The maximum absolute atomic E-state index is 12.7. The molecule has 0 unspecified atom stereocenters. The van der Waals surface area contributed by atoms with Crippen LogP contribution in [0.1, 0.15) is 21.5 Å². The Kier molecular flexibility index (Phi) is 3.32. The van der Waals surface area contributed by atoms with Crippen molar-refractivity contribution in [3.05, 3.63) is 59.0 Å². The fraction of sp³-hybridized carbons (Fsp3) is 0.150. The van der Waals surface area contributed by atoms with Crippen LogP contribution < -0.4 is 9.47 Å². The van der Waals surface area contributed by atoms with Gasteiger partial charge in [0, 0.05) is 35.8 Å². The highest BCUT2D eigenvalue weighted by atomic mass is 16.5. The number of hydrogen-bond acceptors (Lipinski definition) is 4. The number of aromatic nitrogens is 1. The topological polar surface area (TPSA) is 60.7 Å². The predicted octanol–water partition coefficient (Wildman–Crippen LogP) is 3.82. The third-order valence-electron chi connectivity index (χ3n) is 4.47. The van der Waals surface area contributed by atoms with Gasteiger partial charge in [0.05, 0.1) is 12.7 Å². The lowest BCUT2D eigenvalue weighted by Gasteiger charge is -2.01. The zero-order valence-corrected chi connectivity index (χ0v) is 14.2. The number of phenolic OH excluding ortho intramolecular Hbond substituents is 1. The first-order valence-electron chi connectivity index (χ1n) is 7.89. The normalized spacial score (nSPS) is 14.8. The van der Waals surface area contributed by atoms with E-state index in [-0.39, 0.29) is 17.3 Å². The Balaban J connectivity index is 1.84. The summed E-state index contributed by atoms with van der Waals surface area (Å²) in [6, 6.07) is 8.84. The molecular formula is C20H17NO4. The minimum atomic E-state index is -0.174. The van der Waals surface area contributed by atoms with Crippen molar-refractivity contribution in [2.24, 2.45) is 7.05 Å². The Morgan fingerprint density at radius 2 is 2.04 bits per heavy atom. The molecule has 0 fully saturated rings. The van der Waals surface area contributed by atoms with Crippen molar-refractivity contribution < 1.29 is 19.4 Å². The summed E-state index contributed by atoms with van der Waals surface area (Å²) in [5, 5.41) is 10.7. The minimum absolute atomic E-state index is 0.0835. The standard InChI is InChI=1S/C20H17NO4/c1-11-6-13(22)8-17-19(11)20(23)18(25-17)7-12-10-21(2)16-5-4-14(24-3)9-15(12)16/h4-10,22H,1-3H3. The van der Waals surface area contributed by atoms with Crippen LogP contribution in [0.4, 0.5) is 0 Å². The molecule has 2 aromatic carbocycles. The van der Waals surface area contributed by atoms with Crippen LogP contribution in [0.3, 0.4) is 0 Å². The number of nitrogens with zero attached hydrogens (tertiary/aromatic N) is 1. The molecule has 126 valence electrons. The third-order valence-corrected chi connectivity index (χ3v) is 4.47. The summed E-state index contributed by atoms with van der Waals surface area (Å²) in [7, 11) is 3.57. The minimum Gasteiger partial charge on any atom is -0.508 e. The molecule has 0 bridgehead atoms. The number of fused-ring (bicyclic) bond motifs is 2. The summed E-state index contributed by atoms with van der Waals surface area (Å²) in [4.78, 5) is 12.7. The molecule has 0 spiro atoms. The average molecular weight is 335 g/mol. The van der Waals surface area contributed by atoms with Crippen LogP contribution in [-0.2, 0) is 7.05 Å². The Morgan fingerprint density at radius 3 is 2.80 bits per heavy atom. The number of rotatable bonds is 2. The van der Waals surface area contributed by atoms with Gasteiger partial charge in [-0.15, -0.1) is 0 Å². The molecular weight excluding hydrogens is 318 g/mol. The van der Waals surface area contributed by atoms with Gasteiger partial charge < -0.3 is 19.1 Å². The molecule has 0 aliphatic carbocycles. The molecule has 1 aromatic heterocycles. The van der Waals surface area contributed by atoms with Crippen LogP contribution in [0, 0.1) is 6.92 Å². The van der Waals surface area contributed by atoms with Gasteiger partial charge in [0.15, 0.2) is 5.76 Å². The van der Waals surface area contributed by atoms with E-state index in [0.717, 1.165) is 22.2 Å². The predicted molar refractivity (Wildman–Crippen MR) is 95.3 cm³/mol. The monoisotopic (exact) mass is 335 g/mol. The van der Waals surface area contributed by atoms with E-state index < -0.39 is 0 Å². The molecule has 25 heavy (non-hydrogen) atoms. The number of ketones is 1. The van der Waals surface area contributed by atoms with Gasteiger partial charge in [0.25, 0.3) is 0 Å². The van der Waals surface area contributed by atoms with Crippen LogP contribution >= 0.6 is 0 Å². The van der Waals surface area contributed by atoms with E-state index in [4.69, 9.17) is 9.47 Å². The van der Waals surface area contributed by atoms with Crippen molar-refractivity contribution >= 4 is 22.8 Å². The zero-order chi connectivity index (χ0) is 17.7. The number of phenols is 1. The van der Waals surface area contributed by atoms with Crippen molar-refractivity contribution in [3.63, 3.8) is 0 Å². The molecule has 0 saturated carbocycles. The molecule has 0 atom stereocenters. The lowest BCUT2D eigenvalue weighted by atomic mass is 10.0. The molecule has 5 heteroatoms. The highest BCUT2D eigenvalue weighted by Gasteiger charge is 2.30. The van der Waals surface area contributed by atoms with E-state index in [2.05, 4.69) is 0 Å². The van der Waals surface area contributed by atoms with E-state index in [0.29, 0.717) is 16.9 Å². The van der Waals surface area contributed by atoms with Crippen LogP contribution in [0.15, 0.2) is 42.3 Å². The Bertz CT molecular complexity index is 1060. The molecule has 0 saturated heterocycles. The second-order valence-corrected chi connectivity index (χ2v) is 6.15. The number of benzene rings is 2. The summed E-state index contributed by atoms with van der Waals surface area (Å²) in [5.41, 5.74) is 3.10. The number of Topliss-reactive ketones (excluding diaryl/α,β-unsaturated/α-hetero) is 1. The molecule has 0 radical (unpaired) electrons. The third kappa shape index (κ3) is 2.36. The van der Waals surface area contributed by atoms with Gasteiger partial charge in [-0.05, 0) is 42.8 Å². The van der Waals surface area contributed by atoms with Gasteiger partial charge >= 0.3 is 0 Å². The van der Waals surface area contributed by atoms with Crippen molar-refractivity contribution in [2.45, 2.75) is 6.92 Å². The van der Waals surface area contributed by atoms with Crippen molar-refractivity contribution in [3.8, 4) is 17.2 Å². The van der Waals surface area contributed by atoms with Gasteiger partial charge in [-0.3, -0.25) is 4.79 Å². The van der Waals surface area contributed by atoms with Gasteiger partial charge in [0.1, 0.15) is 17.2 Å². The highest BCUT2D eigenvalue weighted by Crippen LogP contribution is 2.38. The molecule has 2 heterocycles. The second-order valence-electron chi connectivity index (χ2n) is 6.15. The molecule has 3 aromatic rings. The SMILES string of the molecule is COc1ccc2c(c1)c(C=C1Oc3cc(O)cc(C)c3C1=O)cn2C. The van der Waals surface area contributed by atoms with Gasteiger partial charge in [-0.1, -0.05) is 0 Å². The van der Waals surface area contributed by atoms with E-state index in [1.54, 1.807) is 26.2 Å². The van der Waals surface area contributed by atoms with Crippen LogP contribution in [0.25, 0.3) is 17.0 Å². The molecule has 0 amide bonds. The quantitative estimate of drug-likeness (QED) is 0.723. The van der Waals surface area contributed by atoms with Gasteiger partial charge in [-0.2, -0.15) is 0 Å². The fourth-order valence-electron chi connectivity index (χ4n) is 3.28. The van der Waals surface area contributed by atoms with E-state index in [1.165, 1.54) is 6.07 Å². The van der Waals surface area contributed by atoms with E-state index in [9.17, 15) is 9.90 Å². The number of methoxy groups -OCH3 is 1. The van der Waals surface area contributed by atoms with Crippen molar-refractivity contribution in [1.29, 1.82) is 0 Å². The Morgan fingerprint density at radius 1 is 1.24 bits per heavy atom. The van der Waals surface area contributed by atoms with Crippen LogP contribution in [-0.4, -0.2) is 22.6 Å². The van der Waals surface area contributed by atoms with Gasteiger partial charge in [0.2, 0.25) is 5.78 Å². The summed E-state index contributed by atoms with van der Waals surface area (Å²) in [6.07, 6.45) is 3.68. The number of aryl methyl sites for hydroxylation is 2.